The fraction of sp³-hybridized carbons (Fsp3) is 0.818. The van der Waals surface area contributed by atoms with E-state index < -0.39 is 18.2 Å². The summed E-state index contributed by atoms with van der Waals surface area (Å²) < 4.78 is 18.7. The molecule has 0 rings (SSSR count). The van der Waals surface area contributed by atoms with Crippen LogP contribution in [-0.4, -0.2) is 45.2 Å². The maximum atomic E-state index is 10.9. The third-order valence-electron chi connectivity index (χ3n) is 1.33. The Morgan fingerprint density at radius 3 is 2.18 bits per heavy atom. The van der Waals surface area contributed by atoms with Crippen LogP contribution in [-0.2, 0) is 23.7 Å². The minimum Gasteiger partial charge on any atom is -0.462 e. The van der Waals surface area contributed by atoms with Gasteiger partial charge in [-0.05, 0) is 6.92 Å². The van der Waals surface area contributed by atoms with Gasteiger partial charge in [-0.2, -0.15) is 0 Å². The van der Waals surface area contributed by atoms with Crippen molar-refractivity contribution in [2.24, 2.45) is 0 Å². The monoisotopic (exact) mass is 250 g/mol. The van der Waals surface area contributed by atoms with Crippen molar-refractivity contribution in [1.29, 1.82) is 0 Å². The Labute approximate surface area is 102 Å². The summed E-state index contributed by atoms with van der Waals surface area (Å²) in [5.41, 5.74) is 0. The quantitative estimate of drug-likeness (QED) is 0.528. The SMILES string of the molecule is CC.COCCOC(=O)OC(C)COC(C)=O. The summed E-state index contributed by atoms with van der Waals surface area (Å²) in [5.74, 6) is -0.418. The smallest absolute Gasteiger partial charge is 0.462 e. The van der Waals surface area contributed by atoms with Crippen molar-refractivity contribution < 1.29 is 28.5 Å². The zero-order valence-electron chi connectivity index (χ0n) is 11.1. The molecule has 0 aromatic heterocycles. The minimum atomic E-state index is -0.799. The van der Waals surface area contributed by atoms with Crippen molar-refractivity contribution in [2.75, 3.05) is 26.9 Å². The molecule has 0 fully saturated rings. The molecule has 17 heavy (non-hydrogen) atoms. The van der Waals surface area contributed by atoms with Gasteiger partial charge in [0.15, 0.2) is 0 Å². The number of esters is 1. The zero-order chi connectivity index (χ0) is 13.7. The largest absolute Gasteiger partial charge is 0.508 e. The molecule has 0 saturated carbocycles. The van der Waals surface area contributed by atoms with E-state index >= 15 is 0 Å². The lowest BCUT2D eigenvalue weighted by atomic mass is 10.4. The Hall–Kier alpha value is -1.30. The number of carbonyl (C=O) groups excluding carboxylic acids is 2. The first-order chi connectivity index (χ1) is 8.06. The second kappa shape index (κ2) is 12.8. The molecule has 0 saturated heterocycles. The molecule has 0 N–H and O–H groups in total. The number of methoxy groups -OCH3 is 1. The molecule has 0 bridgehead atoms. The molecular formula is C11H22O6. The van der Waals surface area contributed by atoms with Gasteiger partial charge >= 0.3 is 12.1 Å². The topological polar surface area (TPSA) is 71.1 Å². The van der Waals surface area contributed by atoms with Crippen LogP contribution in [0.1, 0.15) is 27.7 Å². The summed E-state index contributed by atoms with van der Waals surface area (Å²) in [6.07, 6.45) is -1.32. The summed E-state index contributed by atoms with van der Waals surface area (Å²) in [6.45, 7) is 7.35. The van der Waals surface area contributed by atoms with Crippen LogP contribution in [0.15, 0.2) is 0 Å². The maximum Gasteiger partial charge on any atom is 0.508 e. The van der Waals surface area contributed by atoms with Crippen LogP contribution in [0, 0.1) is 0 Å². The lowest BCUT2D eigenvalue weighted by molar-refractivity contribution is -0.144. The Bertz CT molecular complexity index is 204. The van der Waals surface area contributed by atoms with E-state index in [1.54, 1.807) is 6.92 Å². The van der Waals surface area contributed by atoms with Crippen LogP contribution in [0.5, 0.6) is 0 Å². The van der Waals surface area contributed by atoms with E-state index in [9.17, 15) is 9.59 Å². The highest BCUT2D eigenvalue weighted by Gasteiger charge is 2.11. The molecule has 6 heteroatoms. The molecule has 1 atom stereocenters. The molecule has 102 valence electrons. The van der Waals surface area contributed by atoms with Crippen molar-refractivity contribution in [3.8, 4) is 0 Å². The molecule has 0 spiro atoms. The lowest BCUT2D eigenvalue weighted by Gasteiger charge is -2.12. The molecular weight excluding hydrogens is 228 g/mol. The second-order valence-electron chi connectivity index (χ2n) is 2.82. The third-order valence-corrected chi connectivity index (χ3v) is 1.33. The summed E-state index contributed by atoms with van der Waals surface area (Å²) >= 11 is 0. The Kier molecular flexibility index (Phi) is 13.6. The third kappa shape index (κ3) is 14.7. The van der Waals surface area contributed by atoms with Crippen molar-refractivity contribution in [1.82, 2.24) is 0 Å². The Morgan fingerprint density at radius 1 is 1.12 bits per heavy atom. The summed E-state index contributed by atoms with van der Waals surface area (Å²) in [6, 6.07) is 0. The number of rotatable bonds is 6. The van der Waals surface area contributed by atoms with E-state index in [0.717, 1.165) is 0 Å². The highest BCUT2D eigenvalue weighted by atomic mass is 16.7. The van der Waals surface area contributed by atoms with E-state index in [1.807, 2.05) is 13.8 Å². The molecule has 0 aromatic carbocycles. The number of hydrogen-bond donors (Lipinski definition) is 0. The van der Waals surface area contributed by atoms with Crippen LogP contribution >= 0.6 is 0 Å². The van der Waals surface area contributed by atoms with Crippen LogP contribution in [0.4, 0.5) is 4.79 Å². The van der Waals surface area contributed by atoms with Gasteiger partial charge in [-0.3, -0.25) is 4.79 Å². The second-order valence-corrected chi connectivity index (χ2v) is 2.82. The van der Waals surface area contributed by atoms with Crippen molar-refractivity contribution in [3.05, 3.63) is 0 Å². The summed E-state index contributed by atoms with van der Waals surface area (Å²) in [7, 11) is 1.50. The number of carbonyl (C=O) groups is 2. The van der Waals surface area contributed by atoms with Gasteiger partial charge in [-0.15, -0.1) is 0 Å². The Balaban J connectivity index is 0. The van der Waals surface area contributed by atoms with E-state index in [0.29, 0.717) is 6.61 Å². The summed E-state index contributed by atoms with van der Waals surface area (Å²) in [5, 5.41) is 0. The first kappa shape index (κ1) is 18.1. The first-order valence-electron chi connectivity index (χ1n) is 5.52. The van der Waals surface area contributed by atoms with E-state index in [-0.39, 0.29) is 13.2 Å². The molecule has 0 amide bonds. The first-order valence-corrected chi connectivity index (χ1v) is 5.52. The van der Waals surface area contributed by atoms with Gasteiger partial charge in [-0.25, -0.2) is 4.79 Å². The van der Waals surface area contributed by atoms with Crippen molar-refractivity contribution >= 4 is 12.1 Å². The van der Waals surface area contributed by atoms with Crippen LogP contribution in [0.2, 0.25) is 0 Å². The molecule has 1 unspecified atom stereocenters. The van der Waals surface area contributed by atoms with Gasteiger partial charge in [0.25, 0.3) is 0 Å². The van der Waals surface area contributed by atoms with Gasteiger partial charge in [0.2, 0.25) is 0 Å². The van der Waals surface area contributed by atoms with Crippen LogP contribution < -0.4 is 0 Å². The average Bonchev–Trinajstić information content (AvgIpc) is 2.29. The van der Waals surface area contributed by atoms with Gasteiger partial charge in [0, 0.05) is 14.0 Å². The zero-order valence-corrected chi connectivity index (χ0v) is 11.1. The van der Waals surface area contributed by atoms with Gasteiger partial charge in [-0.1, -0.05) is 13.8 Å². The van der Waals surface area contributed by atoms with E-state index in [2.05, 4.69) is 14.2 Å². The van der Waals surface area contributed by atoms with Crippen molar-refractivity contribution in [2.45, 2.75) is 33.8 Å². The number of ether oxygens (including phenoxy) is 4. The molecule has 6 nitrogen and oxygen atoms in total. The molecule has 0 aliphatic heterocycles. The summed E-state index contributed by atoms with van der Waals surface area (Å²) in [4.78, 5) is 21.4. The molecule has 0 radical (unpaired) electrons. The highest BCUT2D eigenvalue weighted by molar-refractivity contribution is 5.66. The van der Waals surface area contributed by atoms with E-state index in [1.165, 1.54) is 14.0 Å². The fourth-order valence-electron chi connectivity index (χ4n) is 0.675. The molecule has 0 heterocycles. The Morgan fingerprint density at radius 2 is 1.71 bits per heavy atom. The van der Waals surface area contributed by atoms with Gasteiger partial charge in [0.05, 0.1) is 6.61 Å². The molecule has 0 aromatic rings. The number of hydrogen-bond acceptors (Lipinski definition) is 6. The average molecular weight is 250 g/mol. The van der Waals surface area contributed by atoms with Gasteiger partial charge < -0.3 is 18.9 Å². The maximum absolute atomic E-state index is 10.9. The van der Waals surface area contributed by atoms with E-state index in [4.69, 9.17) is 4.74 Å². The van der Waals surface area contributed by atoms with Gasteiger partial charge in [0.1, 0.15) is 19.3 Å². The fourth-order valence-corrected chi connectivity index (χ4v) is 0.675. The standard InChI is InChI=1S/C9H16O6.C2H6/c1-7(6-14-8(2)10)15-9(11)13-5-4-12-3;1-2/h7H,4-6H2,1-3H3;1-2H3. The normalized spacial score (nSPS) is 10.6. The highest BCUT2D eigenvalue weighted by Crippen LogP contribution is 1.96. The molecule has 0 aliphatic rings. The van der Waals surface area contributed by atoms with Crippen LogP contribution in [0.25, 0.3) is 0 Å². The lowest BCUT2D eigenvalue weighted by Crippen LogP contribution is -2.23. The van der Waals surface area contributed by atoms with Crippen molar-refractivity contribution in [3.63, 3.8) is 0 Å². The minimum absolute atomic E-state index is 0.0225. The predicted molar refractivity (Wildman–Crippen MR) is 61.8 cm³/mol. The predicted octanol–water partition coefficient (Wildman–Crippen LogP) is 1.76. The van der Waals surface area contributed by atoms with Crippen LogP contribution in [0.3, 0.4) is 0 Å². The molecule has 0 aliphatic carbocycles.